The van der Waals surface area contributed by atoms with Crippen molar-refractivity contribution < 1.29 is 9.47 Å². The molecule has 126 valence electrons. The van der Waals surface area contributed by atoms with E-state index in [1.807, 2.05) is 6.07 Å². The molecule has 0 saturated heterocycles. The fourth-order valence-corrected chi connectivity index (χ4v) is 2.99. The van der Waals surface area contributed by atoms with Gasteiger partial charge >= 0.3 is 0 Å². The molecule has 0 bridgehead atoms. The Morgan fingerprint density at radius 2 is 1.83 bits per heavy atom. The number of aromatic nitrogens is 1. The average Bonchev–Trinajstić information content (AvgIpc) is 3.02. The van der Waals surface area contributed by atoms with Crippen LogP contribution in [0.1, 0.15) is 11.1 Å². The summed E-state index contributed by atoms with van der Waals surface area (Å²) < 4.78 is 11.2. The molecule has 0 radical (unpaired) electrons. The summed E-state index contributed by atoms with van der Waals surface area (Å²) in [6.07, 6.45) is 3.12. The summed E-state index contributed by atoms with van der Waals surface area (Å²) in [6.45, 7) is 3.04. The molecule has 1 aromatic heterocycles. The Morgan fingerprint density at radius 3 is 2.75 bits per heavy atom. The first-order chi connectivity index (χ1) is 11.4. The van der Waals surface area contributed by atoms with E-state index in [2.05, 4.69) is 52.9 Å². The van der Waals surface area contributed by atoms with Crippen molar-refractivity contribution in [1.82, 2.24) is 10.3 Å². The summed E-state index contributed by atoms with van der Waals surface area (Å²) in [5.41, 5.74) is 3.78. The third-order valence-electron chi connectivity index (χ3n) is 4.18. The molecule has 0 aliphatic carbocycles. The Bertz CT molecular complexity index is 816. The van der Waals surface area contributed by atoms with Crippen molar-refractivity contribution in [2.45, 2.75) is 13.0 Å². The smallest absolute Gasteiger partial charge is 0.161 e. The highest BCUT2D eigenvalue weighted by Gasteiger charge is 2.11. The number of benzene rings is 2. The van der Waals surface area contributed by atoms with E-state index in [0.717, 1.165) is 31.0 Å². The maximum atomic E-state index is 5.62. The van der Waals surface area contributed by atoms with E-state index in [9.17, 15) is 0 Å². The number of aromatic amines is 1. The van der Waals surface area contributed by atoms with Gasteiger partial charge in [0.2, 0.25) is 0 Å². The number of hydrogen-bond donors (Lipinski definition) is 2. The van der Waals surface area contributed by atoms with Gasteiger partial charge in [-0.3, -0.25) is 0 Å². The standard InChI is InChI=1S/C19H20N2O2.ClH/c1-2-4-17-16(3-1)15(13-21-17)7-8-20-12-14-5-6-18-19(11-14)23-10-9-22-18;/h1-6,11,13,20-21H,7-10,12H2;1H. The molecule has 4 nitrogen and oxygen atoms in total. The van der Waals surface area contributed by atoms with E-state index in [-0.39, 0.29) is 12.4 Å². The Hall–Kier alpha value is -2.17. The van der Waals surface area contributed by atoms with Crippen molar-refractivity contribution in [1.29, 1.82) is 0 Å². The topological polar surface area (TPSA) is 46.3 Å². The zero-order chi connectivity index (χ0) is 15.5. The number of hydrogen-bond acceptors (Lipinski definition) is 3. The fourth-order valence-electron chi connectivity index (χ4n) is 2.99. The van der Waals surface area contributed by atoms with Gasteiger partial charge in [0.15, 0.2) is 11.5 Å². The summed E-state index contributed by atoms with van der Waals surface area (Å²) >= 11 is 0. The van der Waals surface area contributed by atoms with Crippen molar-refractivity contribution in [2.75, 3.05) is 19.8 Å². The van der Waals surface area contributed by atoms with E-state index in [1.54, 1.807) is 0 Å². The minimum Gasteiger partial charge on any atom is -0.486 e. The number of ether oxygens (including phenoxy) is 2. The molecular weight excluding hydrogens is 324 g/mol. The van der Waals surface area contributed by atoms with E-state index in [1.165, 1.54) is 22.0 Å². The van der Waals surface area contributed by atoms with Gasteiger partial charge in [0.1, 0.15) is 13.2 Å². The largest absolute Gasteiger partial charge is 0.486 e. The molecule has 5 heteroatoms. The minimum atomic E-state index is 0. The third-order valence-corrected chi connectivity index (χ3v) is 4.18. The second-order valence-electron chi connectivity index (χ2n) is 5.76. The predicted octanol–water partition coefficient (Wildman–Crippen LogP) is 3.69. The minimum absolute atomic E-state index is 0. The zero-order valence-corrected chi connectivity index (χ0v) is 14.2. The molecule has 2 aromatic carbocycles. The molecule has 1 aliphatic heterocycles. The molecule has 0 saturated carbocycles. The molecule has 4 rings (SSSR count). The molecule has 24 heavy (non-hydrogen) atoms. The lowest BCUT2D eigenvalue weighted by Crippen LogP contribution is -2.18. The lowest BCUT2D eigenvalue weighted by molar-refractivity contribution is 0.171. The van der Waals surface area contributed by atoms with Crippen LogP contribution < -0.4 is 14.8 Å². The monoisotopic (exact) mass is 344 g/mol. The van der Waals surface area contributed by atoms with Gasteiger partial charge in [-0.15, -0.1) is 12.4 Å². The van der Waals surface area contributed by atoms with Gasteiger partial charge < -0.3 is 19.8 Å². The lowest BCUT2D eigenvalue weighted by atomic mass is 10.1. The third kappa shape index (κ3) is 3.50. The Balaban J connectivity index is 0.00000169. The van der Waals surface area contributed by atoms with Crippen molar-refractivity contribution >= 4 is 23.3 Å². The SMILES string of the molecule is Cl.c1ccc2c(CCNCc3ccc4c(c3)OCCO4)c[nH]c2c1. The molecule has 2 heterocycles. The normalized spacial score (nSPS) is 12.8. The molecule has 0 fully saturated rings. The van der Waals surface area contributed by atoms with Crippen LogP contribution in [-0.4, -0.2) is 24.7 Å². The number of fused-ring (bicyclic) bond motifs is 2. The lowest BCUT2D eigenvalue weighted by Gasteiger charge is -2.19. The van der Waals surface area contributed by atoms with E-state index in [4.69, 9.17) is 9.47 Å². The first-order valence-corrected chi connectivity index (χ1v) is 8.04. The maximum absolute atomic E-state index is 5.62. The first-order valence-electron chi connectivity index (χ1n) is 8.04. The summed E-state index contributed by atoms with van der Waals surface area (Å²) in [4.78, 5) is 3.32. The molecule has 0 spiro atoms. The molecule has 1 aliphatic rings. The van der Waals surface area contributed by atoms with Crippen LogP contribution in [0.2, 0.25) is 0 Å². The highest BCUT2D eigenvalue weighted by atomic mass is 35.5. The fraction of sp³-hybridized carbons (Fsp3) is 0.263. The second kappa shape index (κ2) is 7.60. The van der Waals surface area contributed by atoms with Crippen molar-refractivity contribution in [3.05, 3.63) is 59.8 Å². The van der Waals surface area contributed by atoms with Gasteiger partial charge in [0.25, 0.3) is 0 Å². The van der Waals surface area contributed by atoms with E-state index in [0.29, 0.717) is 13.2 Å². The molecule has 2 N–H and O–H groups in total. The highest BCUT2D eigenvalue weighted by Crippen LogP contribution is 2.30. The Morgan fingerprint density at radius 1 is 1.00 bits per heavy atom. The zero-order valence-electron chi connectivity index (χ0n) is 13.4. The van der Waals surface area contributed by atoms with Crippen LogP contribution in [0.25, 0.3) is 10.9 Å². The van der Waals surface area contributed by atoms with Gasteiger partial charge in [-0.2, -0.15) is 0 Å². The number of para-hydroxylation sites is 1. The van der Waals surface area contributed by atoms with Crippen LogP contribution in [0.4, 0.5) is 0 Å². The number of nitrogens with one attached hydrogen (secondary N) is 2. The second-order valence-corrected chi connectivity index (χ2v) is 5.76. The highest BCUT2D eigenvalue weighted by molar-refractivity contribution is 5.85. The number of halogens is 1. The number of H-pyrrole nitrogens is 1. The quantitative estimate of drug-likeness (QED) is 0.694. The van der Waals surface area contributed by atoms with Gasteiger partial charge in [-0.1, -0.05) is 24.3 Å². The summed E-state index contributed by atoms with van der Waals surface area (Å²) in [5, 5.41) is 4.81. The maximum Gasteiger partial charge on any atom is 0.161 e. The number of rotatable bonds is 5. The Kier molecular flexibility index (Phi) is 5.28. The van der Waals surface area contributed by atoms with Gasteiger partial charge in [-0.05, 0) is 42.3 Å². The van der Waals surface area contributed by atoms with Crippen LogP contribution in [0.5, 0.6) is 11.5 Å². The van der Waals surface area contributed by atoms with Crippen LogP contribution in [0, 0.1) is 0 Å². The summed E-state index contributed by atoms with van der Waals surface area (Å²) in [7, 11) is 0. The van der Waals surface area contributed by atoms with Crippen molar-refractivity contribution in [3.63, 3.8) is 0 Å². The van der Waals surface area contributed by atoms with Gasteiger partial charge in [0.05, 0.1) is 0 Å². The molecule has 3 aromatic rings. The molecule has 0 unspecified atom stereocenters. The van der Waals surface area contributed by atoms with E-state index >= 15 is 0 Å². The van der Waals surface area contributed by atoms with E-state index < -0.39 is 0 Å². The summed E-state index contributed by atoms with van der Waals surface area (Å²) in [6, 6.07) is 14.6. The summed E-state index contributed by atoms with van der Waals surface area (Å²) in [5.74, 6) is 1.70. The molecule has 0 amide bonds. The molecular formula is C19H21ClN2O2. The van der Waals surface area contributed by atoms with Gasteiger partial charge in [-0.25, -0.2) is 0 Å². The van der Waals surface area contributed by atoms with Gasteiger partial charge in [0, 0.05) is 23.6 Å². The van der Waals surface area contributed by atoms with Crippen molar-refractivity contribution in [2.24, 2.45) is 0 Å². The molecule has 0 atom stereocenters. The first kappa shape index (κ1) is 16.7. The van der Waals surface area contributed by atoms with Crippen molar-refractivity contribution in [3.8, 4) is 11.5 Å². The van der Waals surface area contributed by atoms with Crippen LogP contribution in [0.3, 0.4) is 0 Å². The average molecular weight is 345 g/mol. The predicted molar refractivity (Wildman–Crippen MR) is 98.4 cm³/mol. The van der Waals surface area contributed by atoms with Crippen LogP contribution in [-0.2, 0) is 13.0 Å². The van der Waals surface area contributed by atoms with Crippen LogP contribution in [0.15, 0.2) is 48.7 Å². The Labute approximate surface area is 147 Å². The van der Waals surface area contributed by atoms with Crippen LogP contribution >= 0.6 is 12.4 Å².